The van der Waals surface area contributed by atoms with Crippen LogP contribution in [-0.4, -0.2) is 31.6 Å². The van der Waals surface area contributed by atoms with Crippen LogP contribution in [0.1, 0.15) is 24.9 Å². The second-order valence-corrected chi connectivity index (χ2v) is 6.47. The molecule has 0 aromatic heterocycles. The van der Waals surface area contributed by atoms with Crippen LogP contribution in [0.15, 0.2) is 12.1 Å². The molecule has 1 aromatic rings. The predicted molar refractivity (Wildman–Crippen MR) is 83.5 cm³/mol. The van der Waals surface area contributed by atoms with E-state index in [1.165, 1.54) is 13.0 Å². The maximum atomic E-state index is 6.25. The summed E-state index contributed by atoms with van der Waals surface area (Å²) >= 11 is 18.3. The minimum Gasteiger partial charge on any atom is -0.310 e. The molecule has 1 N–H and O–H groups in total. The fourth-order valence-electron chi connectivity index (χ4n) is 2.52. The third-order valence-corrected chi connectivity index (χ3v) is 5.04. The maximum Gasteiger partial charge on any atom is 0.0781 e. The molecule has 2 unspecified atom stereocenters. The first kappa shape index (κ1) is 15.4. The Labute approximate surface area is 130 Å². The van der Waals surface area contributed by atoms with E-state index in [-0.39, 0.29) is 6.04 Å². The molecule has 0 bridgehead atoms. The summed E-state index contributed by atoms with van der Waals surface area (Å²) in [5.74, 6) is 0.717. The standard InChI is InChI=1S/C14H19Cl3N2/c1-9(18-7-10-5-6-19(2)8-10)11-3-4-12(15)14(17)13(11)16/h3-4,9-10,18H,5-8H2,1-2H3. The Morgan fingerprint density at radius 3 is 2.68 bits per heavy atom. The van der Waals surface area contributed by atoms with Gasteiger partial charge in [0, 0.05) is 12.6 Å². The third kappa shape index (κ3) is 3.77. The first-order valence-electron chi connectivity index (χ1n) is 6.54. The van der Waals surface area contributed by atoms with Gasteiger partial charge in [-0.3, -0.25) is 0 Å². The molecule has 5 heteroatoms. The molecule has 1 aliphatic rings. The minimum absolute atomic E-state index is 0.174. The Balaban J connectivity index is 1.96. The summed E-state index contributed by atoms with van der Waals surface area (Å²) in [7, 11) is 2.17. The molecular weight excluding hydrogens is 303 g/mol. The number of rotatable bonds is 4. The van der Waals surface area contributed by atoms with Crippen LogP contribution in [0.5, 0.6) is 0 Å². The lowest BCUT2D eigenvalue weighted by Crippen LogP contribution is -2.27. The lowest BCUT2D eigenvalue weighted by atomic mass is 10.1. The molecule has 0 saturated carbocycles. The van der Waals surface area contributed by atoms with E-state index < -0.39 is 0 Å². The molecule has 2 atom stereocenters. The Bertz CT molecular complexity index is 451. The molecule has 0 amide bonds. The van der Waals surface area contributed by atoms with Crippen LogP contribution in [0.3, 0.4) is 0 Å². The molecule has 0 spiro atoms. The van der Waals surface area contributed by atoms with E-state index in [0.29, 0.717) is 21.0 Å². The van der Waals surface area contributed by atoms with Crippen LogP contribution < -0.4 is 5.32 Å². The predicted octanol–water partition coefficient (Wildman–Crippen LogP) is 4.25. The average Bonchev–Trinajstić information content (AvgIpc) is 2.79. The van der Waals surface area contributed by atoms with Gasteiger partial charge in [-0.1, -0.05) is 40.9 Å². The first-order valence-corrected chi connectivity index (χ1v) is 7.67. The van der Waals surface area contributed by atoms with Crippen LogP contribution in [0, 0.1) is 5.92 Å². The van der Waals surface area contributed by atoms with Crippen LogP contribution in [-0.2, 0) is 0 Å². The minimum atomic E-state index is 0.174. The van der Waals surface area contributed by atoms with Crippen molar-refractivity contribution in [2.75, 3.05) is 26.7 Å². The van der Waals surface area contributed by atoms with Gasteiger partial charge >= 0.3 is 0 Å². The van der Waals surface area contributed by atoms with Crippen molar-refractivity contribution in [3.8, 4) is 0 Å². The maximum absolute atomic E-state index is 6.25. The number of benzene rings is 1. The highest BCUT2D eigenvalue weighted by Gasteiger charge is 2.20. The number of nitrogens with one attached hydrogen (secondary N) is 1. The molecule has 19 heavy (non-hydrogen) atoms. The van der Waals surface area contributed by atoms with Crippen LogP contribution in [0.25, 0.3) is 0 Å². The number of halogens is 3. The topological polar surface area (TPSA) is 15.3 Å². The molecule has 1 heterocycles. The lowest BCUT2D eigenvalue weighted by molar-refractivity contribution is 0.382. The van der Waals surface area contributed by atoms with Gasteiger partial charge in [0.05, 0.1) is 15.1 Å². The Hall–Kier alpha value is 0.01000. The number of nitrogens with zero attached hydrogens (tertiary/aromatic N) is 1. The van der Waals surface area contributed by atoms with Crippen LogP contribution in [0.4, 0.5) is 0 Å². The van der Waals surface area contributed by atoms with Gasteiger partial charge in [-0.2, -0.15) is 0 Å². The van der Waals surface area contributed by atoms with E-state index in [2.05, 4.69) is 24.2 Å². The Kier molecular flexibility index (Phi) is 5.38. The lowest BCUT2D eigenvalue weighted by Gasteiger charge is -2.19. The zero-order chi connectivity index (χ0) is 14.0. The van der Waals surface area contributed by atoms with Crippen molar-refractivity contribution in [2.45, 2.75) is 19.4 Å². The van der Waals surface area contributed by atoms with Gasteiger partial charge in [0.2, 0.25) is 0 Å². The average molecular weight is 322 g/mol. The van der Waals surface area contributed by atoms with Gasteiger partial charge in [-0.05, 0) is 51.0 Å². The molecule has 0 aliphatic carbocycles. The fraction of sp³-hybridized carbons (Fsp3) is 0.571. The van der Waals surface area contributed by atoms with Gasteiger partial charge in [0.15, 0.2) is 0 Å². The molecule has 1 fully saturated rings. The SMILES string of the molecule is CC(NCC1CCN(C)C1)c1ccc(Cl)c(Cl)c1Cl. The van der Waals surface area contributed by atoms with Gasteiger partial charge in [0.25, 0.3) is 0 Å². The van der Waals surface area contributed by atoms with Crippen molar-refractivity contribution >= 4 is 34.8 Å². The second-order valence-electron chi connectivity index (χ2n) is 5.31. The first-order chi connectivity index (χ1) is 8.99. The van der Waals surface area contributed by atoms with Crippen molar-refractivity contribution in [1.82, 2.24) is 10.2 Å². The van der Waals surface area contributed by atoms with Gasteiger partial charge < -0.3 is 10.2 Å². The summed E-state index contributed by atoms with van der Waals surface area (Å²) in [4.78, 5) is 2.36. The highest BCUT2D eigenvalue weighted by Crippen LogP contribution is 2.35. The summed E-state index contributed by atoms with van der Waals surface area (Å²) in [5, 5.41) is 5.03. The van der Waals surface area contributed by atoms with E-state index in [9.17, 15) is 0 Å². The summed E-state index contributed by atoms with van der Waals surface area (Å²) in [6.07, 6.45) is 1.26. The molecule has 1 saturated heterocycles. The van der Waals surface area contributed by atoms with E-state index in [4.69, 9.17) is 34.8 Å². The number of hydrogen-bond donors (Lipinski definition) is 1. The molecule has 0 radical (unpaired) electrons. The van der Waals surface area contributed by atoms with E-state index in [0.717, 1.165) is 18.7 Å². The molecule has 2 nitrogen and oxygen atoms in total. The quantitative estimate of drug-likeness (QED) is 0.834. The summed E-state index contributed by atoms with van der Waals surface area (Å²) in [6.45, 7) is 5.45. The number of hydrogen-bond acceptors (Lipinski definition) is 2. The van der Waals surface area contributed by atoms with E-state index in [1.54, 1.807) is 6.07 Å². The Morgan fingerprint density at radius 1 is 1.32 bits per heavy atom. The third-order valence-electron chi connectivity index (χ3n) is 3.73. The zero-order valence-electron chi connectivity index (χ0n) is 11.2. The normalized spacial score (nSPS) is 21.8. The van der Waals surface area contributed by atoms with Crippen molar-refractivity contribution < 1.29 is 0 Å². The molecule has 106 valence electrons. The molecule has 1 aromatic carbocycles. The molecule has 2 rings (SSSR count). The largest absolute Gasteiger partial charge is 0.310 e. The van der Waals surface area contributed by atoms with Crippen LogP contribution in [0.2, 0.25) is 15.1 Å². The van der Waals surface area contributed by atoms with Gasteiger partial charge in [0.1, 0.15) is 0 Å². The monoisotopic (exact) mass is 320 g/mol. The number of likely N-dealkylation sites (tertiary alicyclic amines) is 1. The summed E-state index contributed by atoms with van der Waals surface area (Å²) in [5.41, 5.74) is 1.00. The molecular formula is C14H19Cl3N2. The van der Waals surface area contributed by atoms with Crippen molar-refractivity contribution in [3.63, 3.8) is 0 Å². The fourth-order valence-corrected chi connectivity index (χ4v) is 3.23. The van der Waals surface area contributed by atoms with Crippen LogP contribution >= 0.6 is 34.8 Å². The second kappa shape index (κ2) is 6.64. The van der Waals surface area contributed by atoms with Crippen molar-refractivity contribution in [1.29, 1.82) is 0 Å². The smallest absolute Gasteiger partial charge is 0.0781 e. The van der Waals surface area contributed by atoms with Crippen molar-refractivity contribution in [2.24, 2.45) is 5.92 Å². The van der Waals surface area contributed by atoms with E-state index in [1.807, 2.05) is 6.07 Å². The van der Waals surface area contributed by atoms with E-state index >= 15 is 0 Å². The van der Waals surface area contributed by atoms with Gasteiger partial charge in [-0.15, -0.1) is 0 Å². The highest BCUT2D eigenvalue weighted by molar-refractivity contribution is 6.48. The van der Waals surface area contributed by atoms with Gasteiger partial charge in [-0.25, -0.2) is 0 Å². The van der Waals surface area contributed by atoms with Crippen molar-refractivity contribution in [3.05, 3.63) is 32.8 Å². The summed E-state index contributed by atoms with van der Waals surface area (Å²) < 4.78 is 0. The summed E-state index contributed by atoms with van der Waals surface area (Å²) in [6, 6.07) is 3.91. The highest BCUT2D eigenvalue weighted by atomic mass is 35.5. The molecule has 1 aliphatic heterocycles. The zero-order valence-corrected chi connectivity index (χ0v) is 13.5. The Morgan fingerprint density at radius 2 is 2.05 bits per heavy atom.